The Morgan fingerprint density at radius 3 is 2.52 bits per heavy atom. The molecule has 3 rings (SSSR count). The standard InChI is InChI=1S/C17H18FNO2/c1-19-17(12-4-2-5-14(18)10-12)13-6-7-15-16(11-13)21-9-3-8-20-15/h2,4-7,10-11,17,19H,3,8-9H2,1H3. The first kappa shape index (κ1) is 13.9. The van der Waals surface area contributed by atoms with Crippen molar-refractivity contribution >= 4 is 0 Å². The summed E-state index contributed by atoms with van der Waals surface area (Å²) in [6, 6.07) is 12.4. The van der Waals surface area contributed by atoms with Crippen molar-refractivity contribution in [2.75, 3.05) is 20.3 Å². The Labute approximate surface area is 123 Å². The Morgan fingerprint density at radius 2 is 1.76 bits per heavy atom. The average Bonchev–Trinajstić information content (AvgIpc) is 2.73. The van der Waals surface area contributed by atoms with Crippen LogP contribution in [0.1, 0.15) is 23.6 Å². The molecule has 0 amide bonds. The van der Waals surface area contributed by atoms with Crippen LogP contribution in [-0.2, 0) is 0 Å². The molecule has 0 bridgehead atoms. The second kappa shape index (κ2) is 6.14. The van der Waals surface area contributed by atoms with Crippen molar-refractivity contribution in [3.63, 3.8) is 0 Å². The van der Waals surface area contributed by atoms with E-state index in [2.05, 4.69) is 5.32 Å². The quantitative estimate of drug-likeness (QED) is 0.939. The predicted molar refractivity (Wildman–Crippen MR) is 79.4 cm³/mol. The zero-order valence-corrected chi connectivity index (χ0v) is 11.9. The molecule has 0 fully saturated rings. The van der Waals surface area contributed by atoms with Gasteiger partial charge in [-0.1, -0.05) is 18.2 Å². The van der Waals surface area contributed by atoms with Gasteiger partial charge in [0.05, 0.1) is 19.3 Å². The second-order valence-corrected chi connectivity index (χ2v) is 5.03. The van der Waals surface area contributed by atoms with Crippen LogP contribution in [0.3, 0.4) is 0 Å². The molecule has 1 aliphatic rings. The normalized spacial score (nSPS) is 15.3. The number of hydrogen-bond acceptors (Lipinski definition) is 3. The molecular formula is C17H18FNO2. The monoisotopic (exact) mass is 287 g/mol. The molecule has 21 heavy (non-hydrogen) atoms. The second-order valence-electron chi connectivity index (χ2n) is 5.03. The number of ether oxygens (including phenoxy) is 2. The SMILES string of the molecule is CNC(c1cccc(F)c1)c1ccc2c(c1)OCCCO2. The molecule has 1 atom stereocenters. The van der Waals surface area contributed by atoms with Crippen LogP contribution in [0.15, 0.2) is 42.5 Å². The van der Waals surface area contributed by atoms with Crippen molar-refractivity contribution in [3.8, 4) is 11.5 Å². The van der Waals surface area contributed by atoms with Gasteiger partial charge in [0, 0.05) is 6.42 Å². The van der Waals surface area contributed by atoms with Gasteiger partial charge < -0.3 is 14.8 Å². The van der Waals surface area contributed by atoms with Gasteiger partial charge in [-0.25, -0.2) is 4.39 Å². The molecule has 0 aromatic heterocycles. The molecule has 1 aliphatic heterocycles. The molecule has 1 N–H and O–H groups in total. The summed E-state index contributed by atoms with van der Waals surface area (Å²) in [6.07, 6.45) is 0.878. The summed E-state index contributed by atoms with van der Waals surface area (Å²) in [6.45, 7) is 1.33. The molecule has 2 aromatic carbocycles. The minimum atomic E-state index is -0.234. The third-order valence-corrected chi connectivity index (χ3v) is 3.58. The Bertz CT molecular complexity index is 630. The van der Waals surface area contributed by atoms with E-state index in [9.17, 15) is 4.39 Å². The highest BCUT2D eigenvalue weighted by Gasteiger charge is 2.17. The van der Waals surface area contributed by atoms with E-state index in [1.165, 1.54) is 6.07 Å². The molecule has 3 nitrogen and oxygen atoms in total. The molecule has 110 valence electrons. The maximum Gasteiger partial charge on any atom is 0.161 e. The van der Waals surface area contributed by atoms with E-state index >= 15 is 0 Å². The van der Waals surface area contributed by atoms with Crippen LogP contribution in [0, 0.1) is 5.82 Å². The first-order valence-electron chi connectivity index (χ1n) is 7.10. The molecule has 0 saturated heterocycles. The van der Waals surface area contributed by atoms with Crippen LogP contribution in [0.2, 0.25) is 0 Å². The number of fused-ring (bicyclic) bond motifs is 1. The van der Waals surface area contributed by atoms with Gasteiger partial charge in [-0.2, -0.15) is 0 Å². The third-order valence-electron chi connectivity index (χ3n) is 3.58. The van der Waals surface area contributed by atoms with E-state index in [1.54, 1.807) is 12.1 Å². The van der Waals surface area contributed by atoms with Crippen LogP contribution in [0.5, 0.6) is 11.5 Å². The van der Waals surface area contributed by atoms with Crippen molar-refractivity contribution in [2.24, 2.45) is 0 Å². The molecule has 1 heterocycles. The topological polar surface area (TPSA) is 30.5 Å². The minimum Gasteiger partial charge on any atom is -0.490 e. The maximum atomic E-state index is 13.4. The summed E-state index contributed by atoms with van der Waals surface area (Å²) in [5.74, 6) is 1.29. The molecule has 0 radical (unpaired) electrons. The summed E-state index contributed by atoms with van der Waals surface area (Å²) in [4.78, 5) is 0. The van der Waals surface area contributed by atoms with Gasteiger partial charge in [-0.05, 0) is 42.4 Å². The van der Waals surface area contributed by atoms with Crippen molar-refractivity contribution in [1.29, 1.82) is 0 Å². The van der Waals surface area contributed by atoms with Crippen LogP contribution < -0.4 is 14.8 Å². The van der Waals surface area contributed by atoms with E-state index in [0.29, 0.717) is 13.2 Å². The predicted octanol–water partition coefficient (Wildman–Crippen LogP) is 3.30. The number of benzene rings is 2. The molecule has 1 unspecified atom stereocenters. The molecule has 2 aromatic rings. The fraction of sp³-hybridized carbons (Fsp3) is 0.294. The Hall–Kier alpha value is -2.07. The maximum absolute atomic E-state index is 13.4. The number of halogens is 1. The van der Waals surface area contributed by atoms with E-state index in [0.717, 1.165) is 29.0 Å². The highest BCUT2D eigenvalue weighted by atomic mass is 19.1. The highest BCUT2D eigenvalue weighted by molar-refractivity contribution is 5.46. The molecule has 0 saturated carbocycles. The lowest BCUT2D eigenvalue weighted by Gasteiger charge is -2.19. The number of hydrogen-bond donors (Lipinski definition) is 1. The summed E-state index contributed by atoms with van der Waals surface area (Å²) in [5.41, 5.74) is 1.90. The zero-order chi connectivity index (χ0) is 14.7. The lowest BCUT2D eigenvalue weighted by atomic mass is 9.98. The lowest BCUT2D eigenvalue weighted by molar-refractivity contribution is 0.297. The third kappa shape index (κ3) is 3.00. The van der Waals surface area contributed by atoms with Crippen LogP contribution in [0.4, 0.5) is 4.39 Å². The van der Waals surface area contributed by atoms with E-state index < -0.39 is 0 Å². The largest absolute Gasteiger partial charge is 0.490 e. The fourth-order valence-corrected chi connectivity index (χ4v) is 2.57. The molecule has 4 heteroatoms. The van der Waals surface area contributed by atoms with Crippen molar-refractivity contribution in [3.05, 3.63) is 59.4 Å². The van der Waals surface area contributed by atoms with Crippen molar-refractivity contribution in [2.45, 2.75) is 12.5 Å². The molecular weight excluding hydrogens is 269 g/mol. The van der Waals surface area contributed by atoms with Crippen LogP contribution in [-0.4, -0.2) is 20.3 Å². The van der Waals surface area contributed by atoms with E-state index in [-0.39, 0.29) is 11.9 Å². The van der Waals surface area contributed by atoms with Crippen LogP contribution in [0.25, 0.3) is 0 Å². The van der Waals surface area contributed by atoms with Gasteiger partial charge in [-0.15, -0.1) is 0 Å². The number of rotatable bonds is 3. The first-order chi connectivity index (χ1) is 10.3. The van der Waals surface area contributed by atoms with E-state index in [1.807, 2.05) is 31.3 Å². The van der Waals surface area contributed by atoms with Crippen molar-refractivity contribution in [1.82, 2.24) is 5.32 Å². The molecule has 0 aliphatic carbocycles. The van der Waals surface area contributed by atoms with Crippen molar-refractivity contribution < 1.29 is 13.9 Å². The summed E-state index contributed by atoms with van der Waals surface area (Å²) in [7, 11) is 1.86. The fourth-order valence-electron chi connectivity index (χ4n) is 2.57. The Kier molecular flexibility index (Phi) is 4.06. The summed E-state index contributed by atoms with van der Waals surface area (Å²) in [5, 5.41) is 3.22. The van der Waals surface area contributed by atoms with Gasteiger partial charge in [0.2, 0.25) is 0 Å². The van der Waals surface area contributed by atoms with E-state index in [4.69, 9.17) is 9.47 Å². The lowest BCUT2D eigenvalue weighted by Crippen LogP contribution is -2.17. The van der Waals surface area contributed by atoms with Gasteiger partial charge in [0.25, 0.3) is 0 Å². The Morgan fingerprint density at radius 1 is 1.00 bits per heavy atom. The number of nitrogens with one attached hydrogen (secondary N) is 1. The average molecular weight is 287 g/mol. The van der Waals surface area contributed by atoms with Crippen LogP contribution >= 0.6 is 0 Å². The summed E-state index contributed by atoms with van der Waals surface area (Å²) < 4.78 is 24.8. The molecule has 0 spiro atoms. The minimum absolute atomic E-state index is 0.0853. The highest BCUT2D eigenvalue weighted by Crippen LogP contribution is 2.34. The first-order valence-corrected chi connectivity index (χ1v) is 7.10. The Balaban J connectivity index is 1.96. The van der Waals surface area contributed by atoms with Gasteiger partial charge in [-0.3, -0.25) is 0 Å². The van der Waals surface area contributed by atoms with Gasteiger partial charge in [0.15, 0.2) is 11.5 Å². The van der Waals surface area contributed by atoms with Gasteiger partial charge in [0.1, 0.15) is 5.82 Å². The zero-order valence-electron chi connectivity index (χ0n) is 11.9. The smallest absolute Gasteiger partial charge is 0.161 e. The summed E-state index contributed by atoms with van der Waals surface area (Å²) >= 11 is 0. The van der Waals surface area contributed by atoms with Gasteiger partial charge >= 0.3 is 0 Å².